The van der Waals surface area contributed by atoms with E-state index in [0.717, 1.165) is 27.0 Å². The lowest BCUT2D eigenvalue weighted by atomic mass is 10.1. The van der Waals surface area contributed by atoms with Crippen molar-refractivity contribution in [2.45, 2.75) is 13.3 Å². The summed E-state index contributed by atoms with van der Waals surface area (Å²) in [6.45, 7) is 1.90. The second kappa shape index (κ2) is 3.20. The van der Waals surface area contributed by atoms with E-state index in [1.54, 1.807) is 6.07 Å². The predicted molar refractivity (Wildman–Crippen MR) is 55.9 cm³/mol. The molecular weight excluding hydrogens is 204 g/mol. The molecule has 0 bridgehead atoms. The van der Waals surface area contributed by atoms with Gasteiger partial charge < -0.3 is 5.73 Å². The van der Waals surface area contributed by atoms with Crippen LogP contribution in [0.25, 0.3) is 10.1 Å². The van der Waals surface area contributed by atoms with E-state index in [9.17, 15) is 8.78 Å². The molecule has 1 heterocycles. The Morgan fingerprint density at radius 1 is 1.36 bits per heavy atom. The van der Waals surface area contributed by atoms with E-state index in [1.165, 1.54) is 6.07 Å². The van der Waals surface area contributed by atoms with Crippen molar-refractivity contribution in [1.82, 2.24) is 0 Å². The first-order valence-corrected chi connectivity index (χ1v) is 4.98. The van der Waals surface area contributed by atoms with Gasteiger partial charge in [-0.3, -0.25) is 0 Å². The highest BCUT2D eigenvalue weighted by atomic mass is 32.1. The third kappa shape index (κ3) is 1.35. The minimum absolute atomic E-state index is 0.0843. The van der Waals surface area contributed by atoms with Crippen LogP contribution in [-0.2, 0) is 0 Å². The maximum absolute atomic E-state index is 12.4. The number of nitrogen functional groups attached to an aromatic ring is 1. The monoisotopic (exact) mass is 213 g/mol. The molecule has 0 atom stereocenters. The second-order valence-electron chi connectivity index (χ2n) is 3.16. The Kier molecular flexibility index (Phi) is 2.15. The van der Waals surface area contributed by atoms with Crippen molar-refractivity contribution >= 4 is 27.1 Å². The second-order valence-corrected chi connectivity index (χ2v) is 4.25. The summed E-state index contributed by atoms with van der Waals surface area (Å²) in [4.78, 5) is 0.0843. The number of halogens is 2. The molecule has 2 rings (SSSR count). The molecule has 0 aliphatic rings. The molecule has 0 saturated carbocycles. The standard InChI is InChI=1S/C10H9F2NS/c1-5-2-3-7(13)6-4-8(10(11)12)14-9(5)6/h2-4,10H,13H2,1H3. The van der Waals surface area contributed by atoms with E-state index in [-0.39, 0.29) is 4.88 Å². The third-order valence-corrected chi connectivity index (χ3v) is 3.43. The molecular formula is C10H9F2NS. The van der Waals surface area contributed by atoms with Crippen molar-refractivity contribution in [2.75, 3.05) is 5.73 Å². The first-order valence-electron chi connectivity index (χ1n) is 4.16. The zero-order valence-electron chi connectivity index (χ0n) is 7.55. The molecule has 4 heteroatoms. The molecule has 2 aromatic rings. The maximum Gasteiger partial charge on any atom is 0.272 e. The van der Waals surface area contributed by atoms with E-state index in [0.29, 0.717) is 5.69 Å². The van der Waals surface area contributed by atoms with Crippen LogP contribution in [0.5, 0.6) is 0 Å². The van der Waals surface area contributed by atoms with Crippen molar-refractivity contribution in [1.29, 1.82) is 0 Å². The molecule has 2 N–H and O–H groups in total. The largest absolute Gasteiger partial charge is 0.398 e. The van der Waals surface area contributed by atoms with Crippen molar-refractivity contribution < 1.29 is 8.78 Å². The van der Waals surface area contributed by atoms with Crippen LogP contribution in [0.3, 0.4) is 0 Å². The highest BCUT2D eigenvalue weighted by Crippen LogP contribution is 2.36. The Hall–Kier alpha value is -1.16. The van der Waals surface area contributed by atoms with Crippen LogP contribution >= 0.6 is 11.3 Å². The molecule has 0 aliphatic heterocycles. The van der Waals surface area contributed by atoms with Gasteiger partial charge in [-0.05, 0) is 24.6 Å². The van der Waals surface area contributed by atoms with Gasteiger partial charge in [0.05, 0.1) is 4.88 Å². The number of rotatable bonds is 1. The lowest BCUT2D eigenvalue weighted by molar-refractivity contribution is 0.156. The molecule has 1 aromatic heterocycles. The van der Waals surface area contributed by atoms with Gasteiger partial charge in [0, 0.05) is 15.8 Å². The van der Waals surface area contributed by atoms with Crippen LogP contribution < -0.4 is 5.73 Å². The van der Waals surface area contributed by atoms with E-state index in [2.05, 4.69) is 0 Å². The van der Waals surface area contributed by atoms with Gasteiger partial charge in [0.1, 0.15) is 0 Å². The highest BCUT2D eigenvalue weighted by Gasteiger charge is 2.13. The van der Waals surface area contributed by atoms with Gasteiger partial charge in [0.25, 0.3) is 6.43 Å². The molecule has 1 aromatic carbocycles. The van der Waals surface area contributed by atoms with Gasteiger partial charge in [0.15, 0.2) is 0 Å². The van der Waals surface area contributed by atoms with E-state index in [4.69, 9.17) is 5.73 Å². The zero-order valence-corrected chi connectivity index (χ0v) is 8.37. The molecule has 0 radical (unpaired) electrons. The number of aryl methyl sites for hydroxylation is 1. The fourth-order valence-electron chi connectivity index (χ4n) is 1.41. The molecule has 0 amide bonds. The summed E-state index contributed by atoms with van der Waals surface area (Å²) >= 11 is 1.12. The summed E-state index contributed by atoms with van der Waals surface area (Å²) in [5.41, 5.74) is 7.26. The van der Waals surface area contributed by atoms with Crippen molar-refractivity contribution in [3.8, 4) is 0 Å². The number of hydrogen-bond donors (Lipinski definition) is 1. The van der Waals surface area contributed by atoms with Crippen LogP contribution in [0.2, 0.25) is 0 Å². The fraction of sp³-hybridized carbons (Fsp3) is 0.200. The van der Waals surface area contributed by atoms with Crippen LogP contribution in [0.15, 0.2) is 18.2 Å². The van der Waals surface area contributed by atoms with Crippen LogP contribution in [0, 0.1) is 6.92 Å². The molecule has 0 aliphatic carbocycles. The van der Waals surface area contributed by atoms with Gasteiger partial charge in [-0.1, -0.05) is 6.07 Å². The number of fused-ring (bicyclic) bond motifs is 1. The van der Waals surface area contributed by atoms with E-state index in [1.807, 2.05) is 13.0 Å². The molecule has 14 heavy (non-hydrogen) atoms. The number of hydrogen-bond acceptors (Lipinski definition) is 2. The average molecular weight is 213 g/mol. The molecule has 0 unspecified atom stereocenters. The first kappa shape index (κ1) is 9.40. The summed E-state index contributed by atoms with van der Waals surface area (Å²) in [6, 6.07) is 5.08. The lowest BCUT2D eigenvalue weighted by Crippen LogP contribution is -1.85. The molecule has 0 saturated heterocycles. The Morgan fingerprint density at radius 3 is 2.64 bits per heavy atom. The van der Waals surface area contributed by atoms with Crippen LogP contribution in [0.1, 0.15) is 16.9 Å². The topological polar surface area (TPSA) is 26.0 Å². The Balaban J connectivity index is 2.75. The number of thiophene rings is 1. The number of anilines is 1. The smallest absolute Gasteiger partial charge is 0.272 e. The summed E-state index contributed by atoms with van der Waals surface area (Å²) in [5, 5.41) is 0.741. The first-order chi connectivity index (χ1) is 6.59. The highest BCUT2D eigenvalue weighted by molar-refractivity contribution is 7.19. The molecule has 0 spiro atoms. The summed E-state index contributed by atoms with van der Waals surface area (Å²) in [6.07, 6.45) is -2.41. The Morgan fingerprint density at radius 2 is 2.07 bits per heavy atom. The van der Waals surface area contributed by atoms with Crippen molar-refractivity contribution in [3.05, 3.63) is 28.6 Å². The van der Waals surface area contributed by atoms with E-state index >= 15 is 0 Å². The molecule has 0 fully saturated rings. The van der Waals surface area contributed by atoms with Crippen molar-refractivity contribution in [3.63, 3.8) is 0 Å². The molecule has 74 valence electrons. The third-order valence-electron chi connectivity index (χ3n) is 2.15. The normalized spacial score (nSPS) is 11.4. The Bertz CT molecular complexity index is 437. The van der Waals surface area contributed by atoms with Crippen LogP contribution in [0.4, 0.5) is 14.5 Å². The number of benzene rings is 1. The van der Waals surface area contributed by atoms with Gasteiger partial charge in [0.2, 0.25) is 0 Å². The maximum atomic E-state index is 12.4. The fourth-order valence-corrected chi connectivity index (χ4v) is 2.42. The number of alkyl halides is 2. The van der Waals surface area contributed by atoms with Crippen LogP contribution in [-0.4, -0.2) is 0 Å². The molecule has 1 nitrogen and oxygen atoms in total. The van der Waals surface area contributed by atoms with Gasteiger partial charge in [-0.25, -0.2) is 8.78 Å². The zero-order chi connectivity index (χ0) is 10.3. The van der Waals surface area contributed by atoms with Gasteiger partial charge in [-0.2, -0.15) is 0 Å². The SMILES string of the molecule is Cc1ccc(N)c2cc(C(F)F)sc12. The quantitative estimate of drug-likeness (QED) is 0.717. The minimum Gasteiger partial charge on any atom is -0.398 e. The lowest BCUT2D eigenvalue weighted by Gasteiger charge is -1.97. The minimum atomic E-state index is -2.41. The number of nitrogens with two attached hydrogens (primary N) is 1. The Labute approximate surface area is 84.2 Å². The van der Waals surface area contributed by atoms with Gasteiger partial charge >= 0.3 is 0 Å². The average Bonchev–Trinajstić information content (AvgIpc) is 2.57. The van der Waals surface area contributed by atoms with Gasteiger partial charge in [-0.15, -0.1) is 11.3 Å². The summed E-state index contributed by atoms with van der Waals surface area (Å²) in [5.74, 6) is 0. The predicted octanol–water partition coefficient (Wildman–Crippen LogP) is 3.73. The summed E-state index contributed by atoms with van der Waals surface area (Å²) in [7, 11) is 0. The van der Waals surface area contributed by atoms with Crippen molar-refractivity contribution in [2.24, 2.45) is 0 Å². The summed E-state index contributed by atoms with van der Waals surface area (Å²) < 4.78 is 25.7. The van der Waals surface area contributed by atoms with E-state index < -0.39 is 6.43 Å².